The molecule has 0 N–H and O–H groups in total. The first-order valence-corrected chi connectivity index (χ1v) is 7.80. The maximum absolute atomic E-state index is 5.94. The van der Waals surface area contributed by atoms with Gasteiger partial charge in [0.25, 0.3) is 0 Å². The molecule has 0 spiro atoms. The van der Waals surface area contributed by atoms with E-state index in [2.05, 4.69) is 42.5 Å². The minimum absolute atomic E-state index is 0.485. The van der Waals surface area contributed by atoms with Crippen molar-refractivity contribution >= 4 is 43.2 Å². The molecule has 0 fully saturated rings. The molecule has 0 bridgehead atoms. The molecule has 2 aromatic rings. The number of fused-ring (bicyclic) bond motifs is 1. The van der Waals surface area contributed by atoms with Gasteiger partial charge in [0.05, 0.1) is 0 Å². The Morgan fingerprint density at radius 1 is 0.917 bits per heavy atom. The van der Waals surface area contributed by atoms with Crippen LogP contribution in [-0.2, 0) is 0 Å². The summed E-state index contributed by atoms with van der Waals surface area (Å²) < 4.78 is 1.33. The summed E-state index contributed by atoms with van der Waals surface area (Å²) in [6, 6.07) is 14.7. The number of benzene rings is 2. The number of hydrogen-bond acceptors (Lipinski definition) is 0. The maximum atomic E-state index is 5.94. The summed E-state index contributed by atoms with van der Waals surface area (Å²) in [5, 5.41) is 2.61. The van der Waals surface area contributed by atoms with Gasteiger partial charge in [-0.1, -0.05) is 0 Å². The van der Waals surface area contributed by atoms with E-state index < -0.39 is 19.8 Å². The second kappa shape index (κ2) is 3.66. The van der Waals surface area contributed by atoms with Gasteiger partial charge in [-0.05, 0) is 0 Å². The molecule has 0 aromatic heterocycles. The molecule has 0 amide bonds. The summed E-state index contributed by atoms with van der Waals surface area (Å²) in [6.07, 6.45) is 0. The summed E-state index contributed by atoms with van der Waals surface area (Å²) in [4.78, 5) is 0. The van der Waals surface area contributed by atoms with Crippen molar-refractivity contribution in [2.75, 3.05) is 0 Å². The molecule has 60 valence electrons. The van der Waals surface area contributed by atoms with Crippen molar-refractivity contribution in [2.24, 2.45) is 0 Å². The van der Waals surface area contributed by atoms with Crippen LogP contribution in [0.2, 0.25) is 0 Å². The third kappa shape index (κ3) is 1.45. The van der Waals surface area contributed by atoms with Crippen molar-refractivity contribution in [3.8, 4) is 0 Å². The molecule has 0 aliphatic rings. The molecular weight excluding hydrogens is 283 g/mol. The summed E-state index contributed by atoms with van der Waals surface area (Å²) in [5.41, 5.74) is 0. The Labute approximate surface area is 85.4 Å². The standard InChI is InChI=1S/C10H7ClTe/c11-12-10-7-3-5-8-4-1-2-6-9(8)10/h1-7H. The monoisotopic (exact) mass is 292 g/mol. The van der Waals surface area contributed by atoms with Crippen LogP contribution in [0.1, 0.15) is 0 Å². The molecule has 0 saturated heterocycles. The zero-order chi connectivity index (χ0) is 8.39. The molecule has 0 aliphatic carbocycles. The Balaban J connectivity index is 2.79. The van der Waals surface area contributed by atoms with Crippen LogP contribution in [0.3, 0.4) is 0 Å². The second-order valence-corrected chi connectivity index (χ2v) is 5.29. The van der Waals surface area contributed by atoms with Crippen molar-refractivity contribution in [3.05, 3.63) is 42.5 Å². The Morgan fingerprint density at radius 3 is 2.50 bits per heavy atom. The third-order valence-corrected chi connectivity index (χ3v) is 4.44. The molecule has 12 heavy (non-hydrogen) atoms. The normalized spacial score (nSPS) is 10.4. The average molecular weight is 290 g/mol. The van der Waals surface area contributed by atoms with Crippen molar-refractivity contribution in [2.45, 2.75) is 0 Å². The topological polar surface area (TPSA) is 0 Å². The molecule has 0 unspecified atom stereocenters. The fraction of sp³-hybridized carbons (Fsp3) is 0. The van der Waals surface area contributed by atoms with Gasteiger partial charge >= 0.3 is 85.6 Å². The van der Waals surface area contributed by atoms with Crippen LogP contribution in [0.5, 0.6) is 0 Å². The van der Waals surface area contributed by atoms with E-state index in [-0.39, 0.29) is 0 Å². The Kier molecular flexibility index (Phi) is 2.56. The number of halogens is 1. The van der Waals surface area contributed by atoms with Crippen molar-refractivity contribution in [3.63, 3.8) is 0 Å². The summed E-state index contributed by atoms with van der Waals surface area (Å²) in [7, 11) is 5.94. The first kappa shape index (κ1) is 8.38. The van der Waals surface area contributed by atoms with E-state index in [0.29, 0.717) is 0 Å². The quantitative estimate of drug-likeness (QED) is 0.707. The molecule has 0 radical (unpaired) electrons. The summed E-state index contributed by atoms with van der Waals surface area (Å²) in [6.45, 7) is 0. The molecular formula is C10H7ClTe. The van der Waals surface area contributed by atoms with E-state index >= 15 is 0 Å². The molecule has 0 aliphatic heterocycles. The van der Waals surface area contributed by atoms with Crippen LogP contribution >= 0.6 is 8.96 Å². The van der Waals surface area contributed by atoms with E-state index in [4.69, 9.17) is 8.96 Å². The van der Waals surface area contributed by atoms with Crippen LogP contribution in [0.15, 0.2) is 42.5 Å². The Morgan fingerprint density at radius 2 is 1.67 bits per heavy atom. The fourth-order valence-corrected chi connectivity index (χ4v) is 3.30. The van der Waals surface area contributed by atoms with Gasteiger partial charge in [0, 0.05) is 0 Å². The zero-order valence-corrected chi connectivity index (χ0v) is 9.41. The fourth-order valence-electron chi connectivity index (χ4n) is 1.26. The predicted octanol–water partition coefficient (Wildman–Crippen LogP) is 2.32. The molecule has 0 atom stereocenters. The van der Waals surface area contributed by atoms with Crippen LogP contribution < -0.4 is 3.61 Å². The Hall–Kier alpha value is -0.220. The van der Waals surface area contributed by atoms with Gasteiger partial charge in [0.2, 0.25) is 0 Å². The molecule has 0 saturated carbocycles. The zero-order valence-electron chi connectivity index (χ0n) is 6.33. The molecule has 2 heteroatoms. The van der Waals surface area contributed by atoms with Gasteiger partial charge in [-0.3, -0.25) is 0 Å². The second-order valence-electron chi connectivity index (χ2n) is 2.55. The van der Waals surface area contributed by atoms with E-state index in [1.54, 1.807) is 0 Å². The van der Waals surface area contributed by atoms with Gasteiger partial charge in [0.15, 0.2) is 0 Å². The minimum atomic E-state index is -0.485. The van der Waals surface area contributed by atoms with E-state index in [1.165, 1.54) is 14.4 Å². The number of hydrogen-bond donors (Lipinski definition) is 0. The third-order valence-electron chi connectivity index (χ3n) is 1.83. The molecule has 0 nitrogen and oxygen atoms in total. The van der Waals surface area contributed by atoms with Crippen LogP contribution in [-0.4, -0.2) is 19.8 Å². The first-order valence-electron chi connectivity index (χ1n) is 3.68. The first-order chi connectivity index (χ1) is 5.92. The van der Waals surface area contributed by atoms with Crippen molar-refractivity contribution in [1.82, 2.24) is 0 Å². The SMILES string of the molecule is Cl[Te]c1cccc2ccccc12. The van der Waals surface area contributed by atoms with Gasteiger partial charge in [0.1, 0.15) is 0 Å². The van der Waals surface area contributed by atoms with Gasteiger partial charge in [-0.15, -0.1) is 0 Å². The van der Waals surface area contributed by atoms with Crippen LogP contribution in [0.4, 0.5) is 0 Å². The van der Waals surface area contributed by atoms with Gasteiger partial charge in [-0.2, -0.15) is 0 Å². The summed E-state index contributed by atoms with van der Waals surface area (Å²) >= 11 is -0.485. The van der Waals surface area contributed by atoms with Crippen molar-refractivity contribution < 1.29 is 0 Å². The number of rotatable bonds is 1. The Bertz CT molecular complexity index is 392. The average Bonchev–Trinajstić information content (AvgIpc) is 2.17. The van der Waals surface area contributed by atoms with E-state index in [1.807, 2.05) is 0 Å². The van der Waals surface area contributed by atoms with Gasteiger partial charge < -0.3 is 0 Å². The van der Waals surface area contributed by atoms with E-state index in [0.717, 1.165) is 0 Å². The van der Waals surface area contributed by atoms with E-state index in [9.17, 15) is 0 Å². The van der Waals surface area contributed by atoms with Gasteiger partial charge in [-0.25, -0.2) is 0 Å². The molecule has 2 rings (SSSR count). The van der Waals surface area contributed by atoms with Crippen LogP contribution in [0, 0.1) is 0 Å². The summed E-state index contributed by atoms with van der Waals surface area (Å²) in [5.74, 6) is 0. The molecule has 0 heterocycles. The van der Waals surface area contributed by atoms with Crippen LogP contribution in [0.25, 0.3) is 10.8 Å². The van der Waals surface area contributed by atoms with Crippen molar-refractivity contribution in [1.29, 1.82) is 0 Å². The predicted molar refractivity (Wildman–Crippen MR) is 55.2 cm³/mol. The molecule has 2 aromatic carbocycles.